The smallest absolute Gasteiger partial charge is 0.184 e. The van der Waals surface area contributed by atoms with Gasteiger partial charge in [0.05, 0.1) is 9.98 Å². The molecule has 1 aromatic heterocycles. The average molecular weight is 235 g/mol. The van der Waals surface area contributed by atoms with Crippen LogP contribution in [0.4, 0.5) is 5.13 Å². The minimum Gasteiger partial charge on any atom is -0.357 e. The molecule has 0 radical (unpaired) electrons. The average Bonchev–Trinajstić information content (AvgIpc) is 2.10. The highest BCUT2D eigenvalue weighted by atomic mass is 79.9. The van der Waals surface area contributed by atoms with Gasteiger partial charge in [-0.15, -0.1) is 0 Å². The molecular weight excluding hydrogens is 224 g/mol. The molecule has 1 rings (SSSR count). The third-order valence-corrected chi connectivity index (χ3v) is 2.35. The number of thiazole rings is 1. The Hall–Kier alpha value is -0.0900. The molecule has 0 saturated heterocycles. The Morgan fingerprint density at radius 1 is 1.55 bits per heavy atom. The lowest BCUT2D eigenvalue weighted by Gasteiger charge is -2.19. The van der Waals surface area contributed by atoms with Crippen LogP contribution in [0.25, 0.3) is 0 Å². The molecule has 0 spiro atoms. The summed E-state index contributed by atoms with van der Waals surface area (Å²) in [6.45, 7) is 6.34. The van der Waals surface area contributed by atoms with Gasteiger partial charge in [0.15, 0.2) is 5.13 Å². The predicted octanol–water partition coefficient (Wildman–Crippen LogP) is 3.12. The highest BCUT2D eigenvalue weighted by Gasteiger charge is 2.10. The number of aromatic nitrogens is 1. The Balaban J connectivity index is 2.65. The summed E-state index contributed by atoms with van der Waals surface area (Å²) in [4.78, 5) is 4.16. The molecule has 2 nitrogen and oxygen atoms in total. The van der Waals surface area contributed by atoms with Crippen molar-refractivity contribution in [1.82, 2.24) is 4.98 Å². The molecule has 0 fully saturated rings. The summed E-state index contributed by atoms with van der Waals surface area (Å²) in [5.41, 5.74) is 0.0945. The maximum atomic E-state index is 4.16. The summed E-state index contributed by atoms with van der Waals surface area (Å²) in [6, 6.07) is 0. The van der Waals surface area contributed by atoms with Gasteiger partial charge in [0.1, 0.15) is 0 Å². The zero-order valence-corrected chi connectivity index (χ0v) is 9.21. The van der Waals surface area contributed by atoms with Crippen LogP contribution in [0.3, 0.4) is 0 Å². The van der Waals surface area contributed by atoms with Crippen LogP contribution in [0.5, 0.6) is 0 Å². The quantitative estimate of drug-likeness (QED) is 0.808. The fourth-order valence-corrected chi connectivity index (χ4v) is 1.95. The lowest BCUT2D eigenvalue weighted by molar-refractivity contribution is 0.633. The van der Waals surface area contributed by atoms with Gasteiger partial charge >= 0.3 is 0 Å². The molecule has 11 heavy (non-hydrogen) atoms. The van der Waals surface area contributed by atoms with E-state index >= 15 is 0 Å². The molecule has 62 valence electrons. The number of rotatable bonds is 1. The van der Waals surface area contributed by atoms with Crippen molar-refractivity contribution >= 4 is 32.4 Å². The van der Waals surface area contributed by atoms with E-state index in [2.05, 4.69) is 47.0 Å². The standard InChI is InChI=1S/C7H11BrN2S/c1-7(2,3)10-6-9-4-5(8)11-6/h4H,1-3H3,(H,9,10). The maximum absolute atomic E-state index is 4.16. The van der Waals surface area contributed by atoms with Gasteiger partial charge in [0.25, 0.3) is 0 Å². The van der Waals surface area contributed by atoms with Crippen molar-refractivity contribution in [3.05, 3.63) is 9.98 Å². The number of anilines is 1. The monoisotopic (exact) mass is 234 g/mol. The lowest BCUT2D eigenvalue weighted by atomic mass is 10.1. The highest BCUT2D eigenvalue weighted by molar-refractivity contribution is 9.11. The van der Waals surface area contributed by atoms with E-state index in [1.54, 1.807) is 17.5 Å². The molecule has 0 amide bonds. The molecule has 1 N–H and O–H groups in total. The van der Waals surface area contributed by atoms with E-state index < -0.39 is 0 Å². The molecule has 0 aromatic carbocycles. The molecule has 1 aromatic rings. The number of hydrogen-bond donors (Lipinski definition) is 1. The third-order valence-electron chi connectivity index (χ3n) is 0.959. The first-order chi connectivity index (χ1) is 4.97. The topological polar surface area (TPSA) is 24.9 Å². The van der Waals surface area contributed by atoms with Crippen molar-refractivity contribution in [1.29, 1.82) is 0 Å². The fraction of sp³-hybridized carbons (Fsp3) is 0.571. The summed E-state index contributed by atoms with van der Waals surface area (Å²) in [6.07, 6.45) is 1.80. The van der Waals surface area contributed by atoms with Crippen LogP contribution in [-0.2, 0) is 0 Å². The summed E-state index contributed by atoms with van der Waals surface area (Å²) < 4.78 is 1.06. The molecule has 4 heteroatoms. The third kappa shape index (κ3) is 3.20. The first-order valence-corrected chi connectivity index (χ1v) is 4.98. The van der Waals surface area contributed by atoms with Gasteiger partial charge in [0, 0.05) is 5.54 Å². The van der Waals surface area contributed by atoms with E-state index in [1.165, 1.54) is 0 Å². The predicted molar refractivity (Wildman–Crippen MR) is 53.2 cm³/mol. The van der Waals surface area contributed by atoms with Crippen molar-refractivity contribution in [2.45, 2.75) is 26.3 Å². The molecular formula is C7H11BrN2S. The summed E-state index contributed by atoms with van der Waals surface area (Å²) in [5.74, 6) is 0. The van der Waals surface area contributed by atoms with Gasteiger partial charge in [-0.2, -0.15) is 0 Å². The summed E-state index contributed by atoms with van der Waals surface area (Å²) in [7, 11) is 0. The van der Waals surface area contributed by atoms with E-state index in [-0.39, 0.29) is 5.54 Å². The zero-order chi connectivity index (χ0) is 8.48. The van der Waals surface area contributed by atoms with Crippen LogP contribution >= 0.6 is 27.3 Å². The van der Waals surface area contributed by atoms with Gasteiger partial charge in [-0.05, 0) is 36.7 Å². The van der Waals surface area contributed by atoms with E-state index in [9.17, 15) is 0 Å². The van der Waals surface area contributed by atoms with Crippen molar-refractivity contribution < 1.29 is 0 Å². The first-order valence-electron chi connectivity index (χ1n) is 3.37. The minimum absolute atomic E-state index is 0.0945. The van der Waals surface area contributed by atoms with Crippen LogP contribution in [0, 0.1) is 0 Å². The van der Waals surface area contributed by atoms with Crippen LogP contribution in [-0.4, -0.2) is 10.5 Å². The molecule has 0 aliphatic rings. The second-order valence-corrected chi connectivity index (χ2v) is 5.75. The van der Waals surface area contributed by atoms with Gasteiger partial charge in [-0.3, -0.25) is 0 Å². The van der Waals surface area contributed by atoms with Crippen LogP contribution in [0.1, 0.15) is 20.8 Å². The highest BCUT2D eigenvalue weighted by Crippen LogP contribution is 2.25. The lowest BCUT2D eigenvalue weighted by Crippen LogP contribution is -2.25. The molecule has 0 aliphatic carbocycles. The Kier molecular flexibility index (Phi) is 2.54. The van der Waals surface area contributed by atoms with Crippen molar-refractivity contribution in [3.63, 3.8) is 0 Å². The molecule has 0 bridgehead atoms. The van der Waals surface area contributed by atoms with Crippen molar-refractivity contribution in [2.75, 3.05) is 5.32 Å². The molecule has 0 atom stereocenters. The molecule has 1 heterocycles. The number of halogens is 1. The number of hydrogen-bond acceptors (Lipinski definition) is 3. The largest absolute Gasteiger partial charge is 0.357 e. The van der Waals surface area contributed by atoms with Crippen LogP contribution < -0.4 is 5.32 Å². The zero-order valence-electron chi connectivity index (χ0n) is 6.81. The van der Waals surface area contributed by atoms with Crippen LogP contribution in [0.2, 0.25) is 0 Å². The fourth-order valence-electron chi connectivity index (χ4n) is 0.633. The Morgan fingerprint density at radius 2 is 2.18 bits per heavy atom. The number of nitrogens with one attached hydrogen (secondary N) is 1. The number of nitrogens with zero attached hydrogens (tertiary/aromatic N) is 1. The van der Waals surface area contributed by atoms with Gasteiger partial charge in [-0.1, -0.05) is 11.3 Å². The second-order valence-electron chi connectivity index (χ2n) is 3.34. The molecule has 0 aliphatic heterocycles. The van der Waals surface area contributed by atoms with Gasteiger partial charge in [0.2, 0.25) is 0 Å². The van der Waals surface area contributed by atoms with Gasteiger partial charge in [-0.25, -0.2) is 4.98 Å². The Morgan fingerprint density at radius 3 is 2.55 bits per heavy atom. The Labute approximate surface area is 79.2 Å². The van der Waals surface area contributed by atoms with E-state index in [1.807, 2.05) is 0 Å². The SMILES string of the molecule is CC(C)(C)Nc1ncc(Br)s1. The van der Waals surface area contributed by atoms with Crippen molar-refractivity contribution in [2.24, 2.45) is 0 Å². The normalized spacial score (nSPS) is 11.6. The van der Waals surface area contributed by atoms with Crippen LogP contribution in [0.15, 0.2) is 9.98 Å². The molecule has 0 unspecified atom stereocenters. The summed E-state index contributed by atoms with van der Waals surface area (Å²) >= 11 is 4.96. The Bertz CT molecular complexity index is 239. The van der Waals surface area contributed by atoms with Gasteiger partial charge < -0.3 is 5.32 Å². The van der Waals surface area contributed by atoms with E-state index in [4.69, 9.17) is 0 Å². The first kappa shape index (κ1) is 9.00. The summed E-state index contributed by atoms with van der Waals surface area (Å²) in [5, 5.41) is 4.24. The molecule has 0 saturated carbocycles. The maximum Gasteiger partial charge on any atom is 0.184 e. The van der Waals surface area contributed by atoms with Crippen molar-refractivity contribution in [3.8, 4) is 0 Å². The van der Waals surface area contributed by atoms with E-state index in [0.29, 0.717) is 0 Å². The van der Waals surface area contributed by atoms with E-state index in [0.717, 1.165) is 8.92 Å². The minimum atomic E-state index is 0.0945. The second kappa shape index (κ2) is 3.11.